The highest BCUT2D eigenvalue weighted by atomic mass is 32.1. The fraction of sp³-hybridized carbons (Fsp3) is 0.400. The van der Waals surface area contributed by atoms with E-state index < -0.39 is 0 Å². The van der Waals surface area contributed by atoms with Gasteiger partial charge < -0.3 is 15.8 Å². The van der Waals surface area contributed by atoms with Crippen molar-refractivity contribution in [3.63, 3.8) is 0 Å². The molecule has 2 rings (SSSR count). The number of ether oxygens (including phenoxy) is 1. The van der Waals surface area contributed by atoms with Gasteiger partial charge in [0.1, 0.15) is 5.82 Å². The number of nitrogens with zero attached hydrogens (tertiary/aromatic N) is 1. The second-order valence-corrected chi connectivity index (χ2v) is 6.00. The van der Waals surface area contributed by atoms with Crippen LogP contribution in [0.1, 0.15) is 32.4 Å². The zero-order valence-electron chi connectivity index (χ0n) is 12.1. The minimum absolute atomic E-state index is 0.204. The van der Waals surface area contributed by atoms with E-state index in [1.165, 1.54) is 5.56 Å². The summed E-state index contributed by atoms with van der Waals surface area (Å²) in [5.74, 6) is 1.72. The third-order valence-corrected chi connectivity index (χ3v) is 3.55. The lowest BCUT2D eigenvalue weighted by atomic mass is 10.2. The number of thiophene rings is 1. The Labute approximate surface area is 124 Å². The molecule has 3 N–H and O–H groups in total. The molecule has 0 fully saturated rings. The maximum Gasteiger partial charge on any atom is 0.239 e. The molecule has 2 aromatic heterocycles. The molecule has 0 radical (unpaired) electrons. The maximum atomic E-state index is 5.89. The van der Waals surface area contributed by atoms with Gasteiger partial charge in [-0.2, -0.15) is 16.3 Å². The largest absolute Gasteiger partial charge is 0.476 e. The quantitative estimate of drug-likeness (QED) is 0.846. The van der Waals surface area contributed by atoms with Gasteiger partial charge in [0.2, 0.25) is 5.88 Å². The lowest BCUT2D eigenvalue weighted by Crippen LogP contribution is -2.10. The van der Waals surface area contributed by atoms with Crippen LogP contribution in [0.25, 0.3) is 0 Å². The smallest absolute Gasteiger partial charge is 0.239 e. The topological polar surface area (TPSA) is 60.2 Å². The maximum absolute atomic E-state index is 5.89. The number of pyridine rings is 1. The van der Waals surface area contributed by atoms with Crippen molar-refractivity contribution >= 4 is 22.8 Å². The molecule has 2 aromatic rings. The Hall–Kier alpha value is -1.75. The summed E-state index contributed by atoms with van der Waals surface area (Å²) < 4.78 is 5.64. The summed E-state index contributed by atoms with van der Waals surface area (Å²) >= 11 is 1.69. The molecular weight excluding hydrogens is 270 g/mol. The molecule has 0 saturated heterocycles. The van der Waals surface area contributed by atoms with Crippen molar-refractivity contribution in [2.45, 2.75) is 26.8 Å². The van der Waals surface area contributed by atoms with Crippen LogP contribution in [0.3, 0.4) is 0 Å². The Balaban J connectivity index is 2.06. The first-order valence-corrected chi connectivity index (χ1v) is 7.68. The van der Waals surface area contributed by atoms with Crippen LogP contribution in [-0.2, 0) is 0 Å². The summed E-state index contributed by atoms with van der Waals surface area (Å²) in [6.45, 7) is 6.91. The van der Waals surface area contributed by atoms with E-state index in [9.17, 15) is 0 Å². The van der Waals surface area contributed by atoms with E-state index in [0.29, 0.717) is 24.1 Å². The predicted molar refractivity (Wildman–Crippen MR) is 85.3 cm³/mol. The van der Waals surface area contributed by atoms with Gasteiger partial charge in [-0.3, -0.25) is 0 Å². The van der Waals surface area contributed by atoms with Crippen LogP contribution in [0.4, 0.5) is 11.5 Å². The van der Waals surface area contributed by atoms with Crippen LogP contribution >= 0.6 is 11.3 Å². The zero-order valence-corrected chi connectivity index (χ0v) is 12.9. The van der Waals surface area contributed by atoms with Crippen molar-refractivity contribution in [1.29, 1.82) is 0 Å². The molecule has 108 valence electrons. The van der Waals surface area contributed by atoms with E-state index in [-0.39, 0.29) is 6.04 Å². The van der Waals surface area contributed by atoms with Gasteiger partial charge >= 0.3 is 0 Å². The summed E-state index contributed by atoms with van der Waals surface area (Å²) in [4.78, 5) is 4.44. The number of hydrogen-bond acceptors (Lipinski definition) is 5. The lowest BCUT2D eigenvalue weighted by molar-refractivity contribution is 0.263. The van der Waals surface area contributed by atoms with Gasteiger partial charge in [-0.1, -0.05) is 13.8 Å². The van der Waals surface area contributed by atoms with E-state index in [1.54, 1.807) is 11.3 Å². The van der Waals surface area contributed by atoms with Gasteiger partial charge in [-0.25, -0.2) is 0 Å². The SMILES string of the molecule is CC(C)COc1nc(NC(C)c2ccsc2)ccc1N. The second-order valence-electron chi connectivity index (χ2n) is 5.22. The van der Waals surface area contributed by atoms with Crippen molar-refractivity contribution in [3.8, 4) is 5.88 Å². The molecule has 5 heteroatoms. The van der Waals surface area contributed by atoms with Crippen molar-refractivity contribution in [3.05, 3.63) is 34.5 Å². The molecule has 1 unspecified atom stereocenters. The standard InChI is InChI=1S/C15H21N3OS/c1-10(2)8-19-15-13(16)4-5-14(18-15)17-11(3)12-6-7-20-9-12/h4-7,9-11H,8,16H2,1-3H3,(H,17,18). The van der Waals surface area contributed by atoms with Gasteiger partial charge in [-0.05, 0) is 47.4 Å². The van der Waals surface area contributed by atoms with Crippen LogP contribution in [-0.4, -0.2) is 11.6 Å². The van der Waals surface area contributed by atoms with Crippen LogP contribution in [0.2, 0.25) is 0 Å². The number of nitrogens with one attached hydrogen (secondary N) is 1. The second kappa shape index (κ2) is 6.61. The Morgan fingerprint density at radius 2 is 2.10 bits per heavy atom. The summed E-state index contributed by atoms with van der Waals surface area (Å²) in [5, 5.41) is 7.56. The first kappa shape index (κ1) is 14.7. The van der Waals surface area contributed by atoms with E-state index >= 15 is 0 Å². The van der Waals surface area contributed by atoms with E-state index in [1.807, 2.05) is 12.1 Å². The molecule has 0 amide bonds. The van der Waals surface area contributed by atoms with E-state index in [0.717, 1.165) is 5.82 Å². The summed E-state index contributed by atoms with van der Waals surface area (Å²) in [6, 6.07) is 6.01. The summed E-state index contributed by atoms with van der Waals surface area (Å²) in [5.41, 5.74) is 7.70. The highest BCUT2D eigenvalue weighted by Gasteiger charge is 2.09. The molecule has 0 spiro atoms. The van der Waals surface area contributed by atoms with Crippen LogP contribution in [0.5, 0.6) is 5.88 Å². The Kier molecular flexibility index (Phi) is 4.84. The zero-order chi connectivity index (χ0) is 14.5. The van der Waals surface area contributed by atoms with E-state index in [2.05, 4.69) is 47.9 Å². The van der Waals surface area contributed by atoms with Crippen molar-refractivity contribution in [1.82, 2.24) is 4.98 Å². The third kappa shape index (κ3) is 3.87. The predicted octanol–water partition coefficient (Wildman–Crippen LogP) is 3.93. The molecule has 0 bridgehead atoms. The van der Waals surface area contributed by atoms with Gasteiger partial charge in [0.05, 0.1) is 18.3 Å². The molecule has 0 aliphatic heterocycles. The van der Waals surface area contributed by atoms with Gasteiger partial charge in [0.15, 0.2) is 0 Å². The molecule has 2 heterocycles. The summed E-state index contributed by atoms with van der Waals surface area (Å²) in [7, 11) is 0. The Morgan fingerprint density at radius 1 is 1.30 bits per heavy atom. The van der Waals surface area contributed by atoms with Gasteiger partial charge in [-0.15, -0.1) is 0 Å². The Morgan fingerprint density at radius 3 is 2.75 bits per heavy atom. The molecule has 1 atom stereocenters. The third-order valence-electron chi connectivity index (χ3n) is 2.85. The summed E-state index contributed by atoms with van der Waals surface area (Å²) in [6.07, 6.45) is 0. The van der Waals surface area contributed by atoms with Crippen molar-refractivity contribution in [2.75, 3.05) is 17.7 Å². The molecule has 0 aliphatic carbocycles. The number of aromatic nitrogens is 1. The van der Waals surface area contributed by atoms with Gasteiger partial charge in [0, 0.05) is 0 Å². The lowest BCUT2D eigenvalue weighted by Gasteiger charge is -2.15. The normalized spacial score (nSPS) is 12.4. The minimum atomic E-state index is 0.204. The minimum Gasteiger partial charge on any atom is -0.476 e. The van der Waals surface area contributed by atoms with E-state index in [4.69, 9.17) is 10.5 Å². The molecule has 0 aromatic carbocycles. The fourth-order valence-electron chi connectivity index (χ4n) is 1.72. The molecule has 0 aliphatic rings. The molecule has 0 saturated carbocycles. The number of hydrogen-bond donors (Lipinski definition) is 2. The van der Waals surface area contributed by atoms with Crippen molar-refractivity contribution in [2.24, 2.45) is 5.92 Å². The average Bonchev–Trinajstić information content (AvgIpc) is 2.93. The Bertz CT molecular complexity index is 540. The fourth-order valence-corrected chi connectivity index (χ4v) is 2.47. The number of nitrogen functional groups attached to an aromatic ring is 1. The van der Waals surface area contributed by atoms with Crippen LogP contribution in [0.15, 0.2) is 29.0 Å². The highest BCUT2D eigenvalue weighted by Crippen LogP contribution is 2.25. The average molecular weight is 291 g/mol. The first-order valence-electron chi connectivity index (χ1n) is 6.74. The molecule has 20 heavy (non-hydrogen) atoms. The van der Waals surface area contributed by atoms with Crippen LogP contribution in [0, 0.1) is 5.92 Å². The number of rotatable bonds is 6. The first-order chi connectivity index (χ1) is 9.56. The van der Waals surface area contributed by atoms with Gasteiger partial charge in [0.25, 0.3) is 0 Å². The molecule has 4 nitrogen and oxygen atoms in total. The highest BCUT2D eigenvalue weighted by molar-refractivity contribution is 7.07. The number of nitrogens with two attached hydrogens (primary N) is 1. The van der Waals surface area contributed by atoms with Crippen LogP contribution < -0.4 is 15.8 Å². The molecular formula is C15H21N3OS. The van der Waals surface area contributed by atoms with Crippen molar-refractivity contribution < 1.29 is 4.74 Å². The number of anilines is 2. The monoisotopic (exact) mass is 291 g/mol.